The molecule has 1 N–H and O–H groups in total. The molecule has 0 fully saturated rings. The van der Waals surface area contributed by atoms with Gasteiger partial charge in [-0.1, -0.05) is 49.8 Å². The average molecular weight is 312 g/mol. The molecule has 0 bridgehead atoms. The molecule has 4 nitrogen and oxygen atoms in total. The second-order valence-corrected chi connectivity index (χ2v) is 6.87. The summed E-state index contributed by atoms with van der Waals surface area (Å²) in [7, 11) is 1.61. The molecule has 2 rings (SSSR count). The van der Waals surface area contributed by atoms with Crippen LogP contribution in [0.4, 0.5) is 5.13 Å². The lowest BCUT2D eigenvalue weighted by molar-refractivity contribution is 0.415. The summed E-state index contributed by atoms with van der Waals surface area (Å²) in [6.45, 7) is 7.03. The van der Waals surface area contributed by atoms with Gasteiger partial charge in [-0.15, -0.1) is 10.2 Å². The predicted octanol–water partition coefficient (Wildman–Crippen LogP) is 4.11. The Morgan fingerprint density at radius 1 is 1.30 bits per heavy atom. The Hall–Kier alpha value is -1.33. The number of nitrogens with one attached hydrogen (secondary N) is 1. The molecule has 0 atom stereocenters. The van der Waals surface area contributed by atoms with Crippen molar-refractivity contribution >= 4 is 28.1 Å². The molecule has 0 amide bonds. The van der Waals surface area contributed by atoms with E-state index < -0.39 is 0 Å². The molecule has 0 saturated carbocycles. The first-order valence-corrected chi connectivity index (χ1v) is 7.50. The van der Waals surface area contributed by atoms with Gasteiger partial charge in [0, 0.05) is 12.0 Å². The van der Waals surface area contributed by atoms with Crippen LogP contribution in [0.25, 0.3) is 0 Å². The first-order valence-electron chi connectivity index (χ1n) is 6.30. The number of nitrogens with zero attached hydrogens (tertiary/aromatic N) is 2. The summed E-state index contributed by atoms with van der Waals surface area (Å²) in [4.78, 5) is 0. The van der Waals surface area contributed by atoms with E-state index >= 15 is 0 Å². The van der Waals surface area contributed by atoms with Gasteiger partial charge < -0.3 is 10.1 Å². The van der Waals surface area contributed by atoms with E-state index in [4.69, 9.17) is 16.3 Å². The molecule has 20 heavy (non-hydrogen) atoms. The fourth-order valence-electron chi connectivity index (χ4n) is 1.60. The highest BCUT2D eigenvalue weighted by Gasteiger charge is 2.19. The van der Waals surface area contributed by atoms with Crippen LogP contribution in [0.3, 0.4) is 0 Å². The Morgan fingerprint density at radius 3 is 2.60 bits per heavy atom. The number of methoxy groups -OCH3 is 1. The van der Waals surface area contributed by atoms with Gasteiger partial charge in [0.1, 0.15) is 10.8 Å². The van der Waals surface area contributed by atoms with Crippen LogP contribution in [0.2, 0.25) is 5.02 Å². The van der Waals surface area contributed by atoms with Crippen LogP contribution < -0.4 is 10.1 Å². The van der Waals surface area contributed by atoms with Crippen molar-refractivity contribution in [3.63, 3.8) is 0 Å². The van der Waals surface area contributed by atoms with Gasteiger partial charge in [-0.3, -0.25) is 0 Å². The third kappa shape index (κ3) is 3.61. The van der Waals surface area contributed by atoms with Crippen molar-refractivity contribution in [2.75, 3.05) is 12.4 Å². The Kier molecular flexibility index (Phi) is 4.50. The molecule has 0 aliphatic heterocycles. The smallest absolute Gasteiger partial charge is 0.205 e. The summed E-state index contributed by atoms with van der Waals surface area (Å²) in [5, 5.41) is 14.1. The number of anilines is 1. The van der Waals surface area contributed by atoms with Crippen molar-refractivity contribution in [1.29, 1.82) is 0 Å². The van der Waals surface area contributed by atoms with Crippen molar-refractivity contribution in [2.45, 2.75) is 32.7 Å². The Balaban J connectivity index is 2.02. The van der Waals surface area contributed by atoms with E-state index in [9.17, 15) is 0 Å². The lowest BCUT2D eigenvalue weighted by atomic mass is 9.98. The molecule has 108 valence electrons. The van der Waals surface area contributed by atoms with Crippen molar-refractivity contribution in [3.05, 3.63) is 33.8 Å². The molecule has 0 aliphatic carbocycles. The molecule has 1 heterocycles. The van der Waals surface area contributed by atoms with Gasteiger partial charge in [-0.2, -0.15) is 0 Å². The van der Waals surface area contributed by atoms with Crippen molar-refractivity contribution in [2.24, 2.45) is 0 Å². The van der Waals surface area contributed by atoms with Gasteiger partial charge in [0.25, 0.3) is 0 Å². The zero-order valence-corrected chi connectivity index (χ0v) is 13.6. The van der Waals surface area contributed by atoms with E-state index in [2.05, 4.69) is 36.3 Å². The Labute approximate surface area is 128 Å². The SMILES string of the molecule is COc1ccc(CNc2nnc(C(C)(C)C)s2)cc1Cl. The van der Waals surface area contributed by atoms with E-state index in [0.29, 0.717) is 17.3 Å². The molecule has 0 saturated heterocycles. The van der Waals surface area contributed by atoms with E-state index in [0.717, 1.165) is 15.7 Å². The van der Waals surface area contributed by atoms with Gasteiger partial charge in [0.05, 0.1) is 12.1 Å². The van der Waals surface area contributed by atoms with Gasteiger partial charge >= 0.3 is 0 Å². The number of hydrogen-bond acceptors (Lipinski definition) is 5. The molecule has 6 heteroatoms. The van der Waals surface area contributed by atoms with Crippen molar-refractivity contribution in [1.82, 2.24) is 10.2 Å². The molecule has 0 unspecified atom stereocenters. The van der Waals surface area contributed by atoms with Crippen LogP contribution in [-0.4, -0.2) is 17.3 Å². The maximum Gasteiger partial charge on any atom is 0.205 e. The number of ether oxygens (including phenoxy) is 1. The second kappa shape index (κ2) is 5.97. The first-order chi connectivity index (χ1) is 9.40. The third-order valence-corrected chi connectivity index (χ3v) is 4.33. The molecule has 0 radical (unpaired) electrons. The molecule has 0 spiro atoms. The molecule has 1 aromatic carbocycles. The summed E-state index contributed by atoms with van der Waals surface area (Å²) < 4.78 is 5.13. The molecule has 1 aromatic heterocycles. The summed E-state index contributed by atoms with van der Waals surface area (Å²) in [6.07, 6.45) is 0. The largest absolute Gasteiger partial charge is 0.495 e. The van der Waals surface area contributed by atoms with Crippen LogP contribution in [0, 0.1) is 0 Å². The van der Waals surface area contributed by atoms with Crippen LogP contribution >= 0.6 is 22.9 Å². The van der Waals surface area contributed by atoms with Gasteiger partial charge in [-0.05, 0) is 17.7 Å². The first kappa shape index (κ1) is 15.1. The number of aromatic nitrogens is 2. The van der Waals surface area contributed by atoms with Gasteiger partial charge in [-0.25, -0.2) is 0 Å². The van der Waals surface area contributed by atoms with E-state index in [1.807, 2.05) is 18.2 Å². The lowest BCUT2D eigenvalue weighted by Gasteiger charge is -2.12. The van der Waals surface area contributed by atoms with E-state index in [-0.39, 0.29) is 5.41 Å². The zero-order valence-electron chi connectivity index (χ0n) is 12.0. The average Bonchev–Trinajstić information content (AvgIpc) is 2.85. The van der Waals surface area contributed by atoms with Crippen LogP contribution in [0.5, 0.6) is 5.75 Å². The minimum absolute atomic E-state index is 0.0288. The molecule has 0 aliphatic rings. The molecular formula is C14H18ClN3OS. The van der Waals surface area contributed by atoms with E-state index in [1.54, 1.807) is 18.4 Å². The van der Waals surface area contributed by atoms with Crippen LogP contribution in [0.15, 0.2) is 18.2 Å². The number of rotatable bonds is 4. The Morgan fingerprint density at radius 2 is 2.05 bits per heavy atom. The fourth-order valence-corrected chi connectivity index (χ4v) is 2.67. The highest BCUT2D eigenvalue weighted by atomic mass is 35.5. The summed E-state index contributed by atoms with van der Waals surface area (Å²) >= 11 is 7.68. The topological polar surface area (TPSA) is 47.0 Å². The quantitative estimate of drug-likeness (QED) is 0.923. The zero-order chi connectivity index (χ0) is 14.8. The van der Waals surface area contributed by atoms with Crippen molar-refractivity contribution < 1.29 is 4.74 Å². The normalized spacial score (nSPS) is 11.4. The minimum Gasteiger partial charge on any atom is -0.495 e. The van der Waals surface area contributed by atoms with Gasteiger partial charge in [0.2, 0.25) is 5.13 Å². The van der Waals surface area contributed by atoms with Gasteiger partial charge in [0.15, 0.2) is 0 Å². The Bertz CT molecular complexity index is 592. The molecular weight excluding hydrogens is 294 g/mol. The number of benzene rings is 1. The second-order valence-electron chi connectivity index (χ2n) is 5.48. The van der Waals surface area contributed by atoms with Crippen LogP contribution in [-0.2, 0) is 12.0 Å². The summed E-state index contributed by atoms with van der Waals surface area (Å²) in [5.74, 6) is 0.682. The number of halogens is 1. The summed E-state index contributed by atoms with van der Waals surface area (Å²) in [6, 6.07) is 5.72. The lowest BCUT2D eigenvalue weighted by Crippen LogP contribution is -2.10. The van der Waals surface area contributed by atoms with E-state index in [1.165, 1.54) is 0 Å². The monoisotopic (exact) mass is 311 g/mol. The summed E-state index contributed by atoms with van der Waals surface area (Å²) in [5.41, 5.74) is 1.10. The predicted molar refractivity (Wildman–Crippen MR) is 83.9 cm³/mol. The molecule has 2 aromatic rings. The van der Waals surface area contributed by atoms with Crippen LogP contribution in [0.1, 0.15) is 31.3 Å². The minimum atomic E-state index is 0.0288. The number of hydrogen-bond donors (Lipinski definition) is 1. The maximum atomic E-state index is 6.10. The standard InChI is InChI=1S/C14H18ClN3OS/c1-14(2,3)12-17-18-13(20-12)16-8-9-5-6-11(19-4)10(15)7-9/h5-7H,8H2,1-4H3,(H,16,18). The maximum absolute atomic E-state index is 6.10. The van der Waals surface area contributed by atoms with Crippen molar-refractivity contribution in [3.8, 4) is 5.75 Å². The highest BCUT2D eigenvalue weighted by Crippen LogP contribution is 2.28. The highest BCUT2D eigenvalue weighted by molar-refractivity contribution is 7.15. The fraction of sp³-hybridized carbons (Fsp3) is 0.429. The third-order valence-electron chi connectivity index (χ3n) is 2.73.